The van der Waals surface area contributed by atoms with Crippen molar-refractivity contribution >= 4 is 46.6 Å². The second-order valence-electron chi connectivity index (χ2n) is 6.25. The summed E-state index contributed by atoms with van der Waals surface area (Å²) in [6, 6.07) is 9.40. The van der Waals surface area contributed by atoms with Crippen LogP contribution in [0.2, 0.25) is 10.0 Å². The summed E-state index contributed by atoms with van der Waals surface area (Å²) in [5.41, 5.74) is -0.171. The van der Waals surface area contributed by atoms with Crippen LogP contribution < -0.4 is 5.32 Å². The fourth-order valence-electron chi connectivity index (χ4n) is 2.66. The zero-order chi connectivity index (χ0) is 22.6. The topological polar surface area (TPSA) is 59.8 Å². The lowest BCUT2D eigenvalue weighted by Gasteiger charge is -2.10. The number of thioether (sulfide) groups is 1. The third-order valence-corrected chi connectivity index (χ3v) is 5.52. The number of carbonyl (C=O) groups is 1. The van der Waals surface area contributed by atoms with E-state index in [1.54, 1.807) is 28.8 Å². The van der Waals surface area contributed by atoms with Crippen molar-refractivity contribution in [2.45, 2.75) is 17.9 Å². The van der Waals surface area contributed by atoms with Crippen molar-refractivity contribution in [2.24, 2.45) is 0 Å². The number of nitrogens with zero attached hydrogens (tertiary/aromatic N) is 3. The van der Waals surface area contributed by atoms with Crippen LogP contribution in [0.4, 0.5) is 18.9 Å². The monoisotopic (exact) mass is 486 g/mol. The summed E-state index contributed by atoms with van der Waals surface area (Å²) in [6.07, 6.45) is -2.85. The molecule has 0 saturated carbocycles. The van der Waals surface area contributed by atoms with Crippen LogP contribution in [0.15, 0.2) is 60.3 Å². The number of rotatable bonds is 7. The van der Waals surface area contributed by atoms with Crippen LogP contribution in [0.5, 0.6) is 0 Å². The van der Waals surface area contributed by atoms with E-state index in [9.17, 15) is 18.0 Å². The second-order valence-corrected chi connectivity index (χ2v) is 8.03. The minimum atomic E-state index is -4.49. The van der Waals surface area contributed by atoms with Gasteiger partial charge in [0.2, 0.25) is 5.91 Å². The molecule has 1 heterocycles. The average molecular weight is 487 g/mol. The van der Waals surface area contributed by atoms with Crippen LogP contribution in [0.3, 0.4) is 0 Å². The van der Waals surface area contributed by atoms with Gasteiger partial charge in [-0.25, -0.2) is 0 Å². The Morgan fingerprint density at radius 3 is 2.65 bits per heavy atom. The molecule has 3 rings (SSSR count). The summed E-state index contributed by atoms with van der Waals surface area (Å²) in [5, 5.41) is 12.0. The molecule has 0 aliphatic rings. The Morgan fingerprint density at radius 2 is 1.97 bits per heavy atom. The van der Waals surface area contributed by atoms with E-state index in [4.69, 9.17) is 23.2 Å². The van der Waals surface area contributed by atoms with Gasteiger partial charge in [-0.1, -0.05) is 47.1 Å². The summed E-state index contributed by atoms with van der Waals surface area (Å²) in [4.78, 5) is 12.3. The fraction of sp³-hybridized carbons (Fsp3) is 0.150. The predicted octanol–water partition coefficient (Wildman–Crippen LogP) is 6.19. The minimum absolute atomic E-state index is 0.0571. The van der Waals surface area contributed by atoms with Crippen molar-refractivity contribution in [3.05, 3.63) is 70.7 Å². The van der Waals surface area contributed by atoms with E-state index in [0.717, 1.165) is 23.9 Å². The van der Waals surface area contributed by atoms with Crippen molar-refractivity contribution in [2.75, 3.05) is 11.1 Å². The van der Waals surface area contributed by atoms with Crippen molar-refractivity contribution in [3.8, 4) is 11.4 Å². The SMILES string of the molecule is C=CCn1c(SCC(=O)Nc2cccc(C(F)(F)F)c2)nnc1-c1ccc(Cl)cc1Cl. The van der Waals surface area contributed by atoms with Gasteiger partial charge in [-0.3, -0.25) is 9.36 Å². The van der Waals surface area contributed by atoms with Crippen LogP contribution in [-0.4, -0.2) is 26.4 Å². The molecule has 31 heavy (non-hydrogen) atoms. The molecule has 0 unspecified atom stereocenters. The number of benzene rings is 2. The highest BCUT2D eigenvalue weighted by molar-refractivity contribution is 7.99. The predicted molar refractivity (Wildman–Crippen MR) is 116 cm³/mol. The smallest absolute Gasteiger partial charge is 0.325 e. The molecule has 0 aliphatic carbocycles. The molecule has 0 spiro atoms. The number of hydrogen-bond donors (Lipinski definition) is 1. The van der Waals surface area contributed by atoms with Gasteiger partial charge in [0.1, 0.15) is 0 Å². The quantitative estimate of drug-likeness (QED) is 0.319. The standard InChI is InChI=1S/C20H15Cl2F3N4OS/c1-2-8-29-18(15-7-6-13(21)10-16(15)22)27-28-19(29)31-11-17(30)26-14-5-3-4-12(9-14)20(23,24)25/h2-7,9-10H,1,8,11H2,(H,26,30). The first-order chi connectivity index (χ1) is 14.7. The molecule has 11 heteroatoms. The molecule has 3 aromatic rings. The fourth-order valence-corrected chi connectivity index (χ4v) is 3.90. The molecular weight excluding hydrogens is 472 g/mol. The molecule has 0 atom stereocenters. The van der Waals surface area contributed by atoms with E-state index >= 15 is 0 Å². The Morgan fingerprint density at radius 1 is 1.19 bits per heavy atom. The summed E-state index contributed by atoms with van der Waals surface area (Å²) in [7, 11) is 0. The number of nitrogens with one attached hydrogen (secondary N) is 1. The van der Waals surface area contributed by atoms with Gasteiger partial charge in [-0.2, -0.15) is 13.2 Å². The van der Waals surface area contributed by atoms with Gasteiger partial charge in [0, 0.05) is 22.8 Å². The molecular formula is C20H15Cl2F3N4OS. The highest BCUT2D eigenvalue weighted by atomic mass is 35.5. The highest BCUT2D eigenvalue weighted by Gasteiger charge is 2.30. The number of amides is 1. The maximum atomic E-state index is 12.8. The first kappa shape index (κ1) is 23.2. The number of alkyl halides is 3. The maximum Gasteiger partial charge on any atom is 0.416 e. The zero-order valence-corrected chi connectivity index (χ0v) is 18.1. The second kappa shape index (κ2) is 9.76. The molecule has 0 bridgehead atoms. The Balaban J connectivity index is 1.74. The number of allylic oxidation sites excluding steroid dienone is 1. The lowest BCUT2D eigenvalue weighted by molar-refractivity contribution is -0.137. The van der Waals surface area contributed by atoms with Crippen LogP contribution in [0.1, 0.15) is 5.56 Å². The molecule has 2 aromatic carbocycles. The van der Waals surface area contributed by atoms with Crippen molar-refractivity contribution in [3.63, 3.8) is 0 Å². The number of anilines is 1. The van der Waals surface area contributed by atoms with E-state index in [0.29, 0.717) is 33.1 Å². The molecule has 162 valence electrons. The van der Waals surface area contributed by atoms with Crippen LogP contribution in [-0.2, 0) is 17.5 Å². The van der Waals surface area contributed by atoms with E-state index in [1.807, 2.05) is 0 Å². The van der Waals surface area contributed by atoms with Gasteiger partial charge < -0.3 is 5.32 Å². The van der Waals surface area contributed by atoms with Gasteiger partial charge in [-0.15, -0.1) is 16.8 Å². The summed E-state index contributed by atoms with van der Waals surface area (Å²) >= 11 is 13.3. The number of hydrogen-bond acceptors (Lipinski definition) is 4. The number of halogens is 5. The molecule has 0 saturated heterocycles. The summed E-state index contributed by atoms with van der Waals surface area (Å²) < 4.78 is 40.2. The normalized spacial score (nSPS) is 11.4. The third kappa shape index (κ3) is 5.81. The minimum Gasteiger partial charge on any atom is -0.325 e. The first-order valence-electron chi connectivity index (χ1n) is 8.78. The van der Waals surface area contributed by atoms with Gasteiger partial charge in [-0.05, 0) is 36.4 Å². The molecule has 1 amide bonds. The average Bonchev–Trinajstić information content (AvgIpc) is 3.09. The molecule has 5 nitrogen and oxygen atoms in total. The van der Waals surface area contributed by atoms with E-state index < -0.39 is 17.6 Å². The lowest BCUT2D eigenvalue weighted by atomic mass is 10.2. The van der Waals surface area contributed by atoms with Gasteiger partial charge in [0.25, 0.3) is 0 Å². The van der Waals surface area contributed by atoms with Gasteiger partial charge in [0.15, 0.2) is 11.0 Å². The third-order valence-electron chi connectivity index (χ3n) is 4.01. The van der Waals surface area contributed by atoms with Crippen LogP contribution in [0, 0.1) is 0 Å². The van der Waals surface area contributed by atoms with Gasteiger partial charge >= 0.3 is 6.18 Å². The maximum absolute atomic E-state index is 12.8. The van der Waals surface area contributed by atoms with Crippen LogP contribution in [0.25, 0.3) is 11.4 Å². The van der Waals surface area contributed by atoms with Crippen molar-refractivity contribution in [1.29, 1.82) is 0 Å². The summed E-state index contributed by atoms with van der Waals surface area (Å²) in [5.74, 6) is -0.0919. The zero-order valence-electron chi connectivity index (χ0n) is 15.8. The molecule has 1 N–H and O–H groups in total. The lowest BCUT2D eigenvalue weighted by Crippen LogP contribution is -2.15. The largest absolute Gasteiger partial charge is 0.416 e. The van der Waals surface area contributed by atoms with Gasteiger partial charge in [0.05, 0.1) is 16.3 Å². The first-order valence-corrected chi connectivity index (χ1v) is 10.5. The molecule has 0 fully saturated rings. The Hall–Kier alpha value is -2.49. The Labute approximate surface area is 190 Å². The highest BCUT2D eigenvalue weighted by Crippen LogP contribution is 2.32. The van der Waals surface area contributed by atoms with E-state index in [2.05, 4.69) is 22.1 Å². The van der Waals surface area contributed by atoms with Crippen molar-refractivity contribution < 1.29 is 18.0 Å². The molecule has 0 aliphatic heterocycles. The number of aromatic nitrogens is 3. The molecule has 0 radical (unpaired) electrons. The Kier molecular flexibility index (Phi) is 7.30. The van der Waals surface area contributed by atoms with E-state index in [1.165, 1.54) is 12.1 Å². The number of carbonyl (C=O) groups excluding carboxylic acids is 1. The molecule has 1 aromatic heterocycles. The van der Waals surface area contributed by atoms with Crippen molar-refractivity contribution in [1.82, 2.24) is 14.8 Å². The van der Waals surface area contributed by atoms with E-state index in [-0.39, 0.29) is 11.4 Å². The Bertz CT molecular complexity index is 1120. The summed E-state index contributed by atoms with van der Waals surface area (Å²) in [6.45, 7) is 4.08. The van der Waals surface area contributed by atoms with Crippen LogP contribution >= 0.6 is 35.0 Å².